The number of carbonyl (C=O) groups is 1. The number of methoxy groups -OCH3 is 1. The number of rotatable bonds is 9. The number of pyridine rings is 2. The van der Waals surface area contributed by atoms with E-state index in [4.69, 9.17) is 9.47 Å². The van der Waals surface area contributed by atoms with Gasteiger partial charge in [-0.05, 0) is 57.1 Å². The standard InChI is InChI=1S/C24H29N7O3/c1-16-12-21(34-15-18-6-5-11-31(18)2)29-24(28-16)30-23(32)19-7-4-9-26-22(19)27-14-17-8-10-25-20(13-17)33-3/h4,7-10,12-13,18H,5-6,11,14-15H2,1-3H3,(H,26,27)(H,28,29,30,32). The van der Waals surface area contributed by atoms with E-state index in [0.29, 0.717) is 48.0 Å². The molecule has 0 aromatic carbocycles. The Morgan fingerprint density at radius 3 is 2.85 bits per heavy atom. The lowest BCUT2D eigenvalue weighted by Crippen LogP contribution is -2.30. The Morgan fingerprint density at radius 1 is 1.18 bits per heavy atom. The summed E-state index contributed by atoms with van der Waals surface area (Å²) in [6.45, 7) is 3.92. The maximum absolute atomic E-state index is 13.0. The van der Waals surface area contributed by atoms with Crippen LogP contribution in [0.4, 0.5) is 11.8 Å². The minimum Gasteiger partial charge on any atom is -0.481 e. The third-order valence-electron chi connectivity index (χ3n) is 5.67. The van der Waals surface area contributed by atoms with Crippen molar-refractivity contribution < 1.29 is 14.3 Å². The van der Waals surface area contributed by atoms with Crippen molar-refractivity contribution in [1.82, 2.24) is 24.8 Å². The van der Waals surface area contributed by atoms with Crippen LogP contribution < -0.4 is 20.1 Å². The molecular weight excluding hydrogens is 434 g/mol. The fourth-order valence-corrected chi connectivity index (χ4v) is 3.80. The Hall–Kier alpha value is -3.79. The predicted molar refractivity (Wildman–Crippen MR) is 128 cm³/mol. The normalized spacial score (nSPS) is 15.7. The van der Waals surface area contributed by atoms with Gasteiger partial charge in [-0.2, -0.15) is 4.98 Å². The first kappa shape index (κ1) is 23.4. The number of anilines is 2. The first-order chi connectivity index (χ1) is 16.5. The fourth-order valence-electron chi connectivity index (χ4n) is 3.80. The lowest BCUT2D eigenvalue weighted by atomic mass is 10.2. The van der Waals surface area contributed by atoms with Gasteiger partial charge in [0.15, 0.2) is 0 Å². The molecule has 178 valence electrons. The predicted octanol–water partition coefficient (Wildman–Crippen LogP) is 2.92. The number of aromatic nitrogens is 4. The summed E-state index contributed by atoms with van der Waals surface area (Å²) < 4.78 is 11.1. The molecule has 1 atom stereocenters. The van der Waals surface area contributed by atoms with E-state index in [2.05, 4.69) is 42.5 Å². The van der Waals surface area contributed by atoms with Crippen molar-refractivity contribution >= 4 is 17.7 Å². The molecule has 0 aliphatic carbocycles. The van der Waals surface area contributed by atoms with Gasteiger partial charge in [0.05, 0.1) is 12.7 Å². The molecule has 1 fully saturated rings. The summed E-state index contributed by atoms with van der Waals surface area (Å²) in [5, 5.41) is 5.97. The number of nitrogens with one attached hydrogen (secondary N) is 2. The lowest BCUT2D eigenvalue weighted by Gasteiger charge is -2.19. The highest BCUT2D eigenvalue weighted by atomic mass is 16.5. The molecule has 0 bridgehead atoms. The zero-order chi connectivity index (χ0) is 23.9. The van der Waals surface area contributed by atoms with E-state index in [1.54, 1.807) is 37.7 Å². The van der Waals surface area contributed by atoms with Gasteiger partial charge < -0.3 is 19.7 Å². The van der Waals surface area contributed by atoms with Crippen molar-refractivity contribution in [3.8, 4) is 11.8 Å². The number of likely N-dealkylation sites (tertiary alicyclic amines) is 1. The van der Waals surface area contributed by atoms with Crippen LogP contribution in [0, 0.1) is 6.92 Å². The van der Waals surface area contributed by atoms with Crippen molar-refractivity contribution in [2.75, 3.05) is 37.9 Å². The molecule has 3 aromatic rings. The Balaban J connectivity index is 1.42. The summed E-state index contributed by atoms with van der Waals surface area (Å²) in [7, 11) is 3.67. The van der Waals surface area contributed by atoms with Crippen LogP contribution in [0.25, 0.3) is 0 Å². The number of nitrogens with zero attached hydrogens (tertiary/aromatic N) is 5. The van der Waals surface area contributed by atoms with Crippen LogP contribution in [-0.2, 0) is 6.54 Å². The molecule has 1 aliphatic rings. The second-order valence-electron chi connectivity index (χ2n) is 8.17. The zero-order valence-electron chi connectivity index (χ0n) is 19.6. The van der Waals surface area contributed by atoms with Crippen molar-refractivity contribution in [3.05, 3.63) is 59.5 Å². The van der Waals surface area contributed by atoms with E-state index in [-0.39, 0.29) is 11.9 Å². The molecule has 1 aliphatic heterocycles. The van der Waals surface area contributed by atoms with E-state index < -0.39 is 0 Å². The highest BCUT2D eigenvalue weighted by Crippen LogP contribution is 2.19. The van der Waals surface area contributed by atoms with Gasteiger partial charge in [0.1, 0.15) is 12.4 Å². The van der Waals surface area contributed by atoms with E-state index >= 15 is 0 Å². The molecule has 10 heteroatoms. The third kappa shape index (κ3) is 5.96. The zero-order valence-corrected chi connectivity index (χ0v) is 19.6. The number of hydrogen-bond donors (Lipinski definition) is 2. The molecule has 10 nitrogen and oxygen atoms in total. The highest BCUT2D eigenvalue weighted by molar-refractivity contribution is 6.06. The van der Waals surface area contributed by atoms with Gasteiger partial charge in [-0.25, -0.2) is 15.0 Å². The summed E-state index contributed by atoms with van der Waals surface area (Å²) in [5.74, 6) is 1.24. The molecule has 0 spiro atoms. The van der Waals surface area contributed by atoms with Gasteiger partial charge in [0.25, 0.3) is 5.91 Å². The van der Waals surface area contributed by atoms with Crippen molar-refractivity contribution in [3.63, 3.8) is 0 Å². The topological polar surface area (TPSA) is 114 Å². The van der Waals surface area contributed by atoms with Gasteiger partial charge in [0.2, 0.25) is 17.7 Å². The molecule has 4 heterocycles. The molecule has 1 saturated heterocycles. The second-order valence-corrected chi connectivity index (χ2v) is 8.17. The summed E-state index contributed by atoms with van der Waals surface area (Å²) in [6, 6.07) is 9.23. The Morgan fingerprint density at radius 2 is 2.06 bits per heavy atom. The number of amides is 1. The maximum Gasteiger partial charge on any atom is 0.261 e. The van der Waals surface area contributed by atoms with Crippen LogP contribution in [0.15, 0.2) is 42.7 Å². The molecule has 4 rings (SSSR count). The minimum absolute atomic E-state index is 0.188. The molecule has 1 amide bonds. The maximum atomic E-state index is 13.0. The number of likely N-dealkylation sites (N-methyl/N-ethyl adjacent to an activating group) is 1. The number of aryl methyl sites for hydroxylation is 1. The molecule has 0 radical (unpaired) electrons. The Bertz CT molecular complexity index is 1140. The molecular formula is C24H29N7O3. The lowest BCUT2D eigenvalue weighted by molar-refractivity contribution is 0.102. The first-order valence-electron chi connectivity index (χ1n) is 11.2. The van der Waals surface area contributed by atoms with Crippen LogP contribution >= 0.6 is 0 Å². The average Bonchev–Trinajstić information content (AvgIpc) is 3.26. The van der Waals surface area contributed by atoms with Crippen molar-refractivity contribution in [2.45, 2.75) is 32.4 Å². The van der Waals surface area contributed by atoms with Crippen LogP contribution in [0.2, 0.25) is 0 Å². The molecule has 3 aromatic heterocycles. The summed E-state index contributed by atoms with van der Waals surface area (Å²) in [6.07, 6.45) is 5.57. The van der Waals surface area contributed by atoms with Crippen LogP contribution in [-0.4, -0.2) is 64.1 Å². The number of hydrogen-bond acceptors (Lipinski definition) is 9. The molecule has 34 heavy (non-hydrogen) atoms. The largest absolute Gasteiger partial charge is 0.481 e. The van der Waals surface area contributed by atoms with E-state index in [1.807, 2.05) is 19.1 Å². The molecule has 0 saturated carbocycles. The van der Waals surface area contributed by atoms with Crippen molar-refractivity contribution in [2.24, 2.45) is 0 Å². The average molecular weight is 464 g/mol. The minimum atomic E-state index is -0.366. The SMILES string of the molecule is COc1cc(CNc2ncccc2C(=O)Nc2nc(C)cc(OCC3CCCN3C)n2)ccn1. The Kier molecular flexibility index (Phi) is 7.48. The molecule has 2 N–H and O–H groups in total. The number of carbonyl (C=O) groups excluding carboxylic acids is 1. The van der Waals surface area contributed by atoms with E-state index in [0.717, 1.165) is 18.5 Å². The van der Waals surface area contributed by atoms with E-state index in [1.165, 1.54) is 6.42 Å². The van der Waals surface area contributed by atoms with Crippen LogP contribution in [0.3, 0.4) is 0 Å². The van der Waals surface area contributed by atoms with E-state index in [9.17, 15) is 4.79 Å². The van der Waals surface area contributed by atoms with Crippen LogP contribution in [0.5, 0.6) is 11.8 Å². The van der Waals surface area contributed by atoms with Gasteiger partial charge in [0, 0.05) is 42.8 Å². The van der Waals surface area contributed by atoms with Gasteiger partial charge >= 0.3 is 0 Å². The monoisotopic (exact) mass is 463 g/mol. The molecule has 1 unspecified atom stereocenters. The highest BCUT2D eigenvalue weighted by Gasteiger charge is 2.22. The number of ether oxygens (including phenoxy) is 2. The van der Waals surface area contributed by atoms with Crippen LogP contribution in [0.1, 0.15) is 34.5 Å². The van der Waals surface area contributed by atoms with Gasteiger partial charge in [-0.3, -0.25) is 10.1 Å². The second kappa shape index (κ2) is 10.9. The Labute approximate surface area is 198 Å². The summed E-state index contributed by atoms with van der Waals surface area (Å²) in [4.78, 5) is 32.5. The van der Waals surface area contributed by atoms with Crippen molar-refractivity contribution in [1.29, 1.82) is 0 Å². The smallest absolute Gasteiger partial charge is 0.261 e. The summed E-state index contributed by atoms with van der Waals surface area (Å²) in [5.41, 5.74) is 2.03. The quantitative estimate of drug-likeness (QED) is 0.494. The first-order valence-corrected chi connectivity index (χ1v) is 11.2. The fraction of sp³-hybridized carbons (Fsp3) is 0.375. The summed E-state index contributed by atoms with van der Waals surface area (Å²) >= 11 is 0. The van der Waals surface area contributed by atoms with Gasteiger partial charge in [-0.15, -0.1) is 0 Å². The van der Waals surface area contributed by atoms with Gasteiger partial charge in [-0.1, -0.05) is 0 Å². The third-order valence-corrected chi connectivity index (χ3v) is 5.67.